The van der Waals surface area contributed by atoms with E-state index in [4.69, 9.17) is 0 Å². The Labute approximate surface area is 130 Å². The SMILES string of the molecule is O=C(c1ccc(I)cc1)c1ccc2c(c1)C(=O)NCC2. The Morgan fingerprint density at radius 2 is 1.75 bits per heavy atom. The summed E-state index contributed by atoms with van der Waals surface area (Å²) in [5.41, 5.74) is 2.82. The normalized spacial score (nSPS) is 13.6. The van der Waals surface area contributed by atoms with Crippen molar-refractivity contribution in [2.75, 3.05) is 6.54 Å². The molecule has 1 N–H and O–H groups in total. The van der Waals surface area contributed by atoms with Crippen molar-refractivity contribution >= 4 is 34.3 Å². The first-order chi connectivity index (χ1) is 9.65. The maximum atomic E-state index is 12.4. The number of benzene rings is 2. The van der Waals surface area contributed by atoms with Crippen LogP contribution in [0.1, 0.15) is 31.8 Å². The van der Waals surface area contributed by atoms with E-state index in [1.165, 1.54) is 0 Å². The lowest BCUT2D eigenvalue weighted by Gasteiger charge is -2.16. The lowest BCUT2D eigenvalue weighted by molar-refractivity contribution is 0.0946. The molecular formula is C16H12INO2. The van der Waals surface area contributed by atoms with Gasteiger partial charge in [-0.25, -0.2) is 0 Å². The summed E-state index contributed by atoms with van der Waals surface area (Å²) in [5, 5.41) is 2.80. The summed E-state index contributed by atoms with van der Waals surface area (Å²) < 4.78 is 1.09. The molecule has 4 heteroatoms. The number of rotatable bonds is 2. The molecule has 0 atom stereocenters. The van der Waals surface area contributed by atoms with Gasteiger partial charge in [-0.05, 0) is 64.9 Å². The van der Waals surface area contributed by atoms with E-state index in [1.807, 2.05) is 30.3 Å². The average Bonchev–Trinajstić information content (AvgIpc) is 2.47. The number of ketones is 1. The van der Waals surface area contributed by atoms with E-state index < -0.39 is 0 Å². The van der Waals surface area contributed by atoms with Gasteiger partial charge >= 0.3 is 0 Å². The fourth-order valence-electron chi connectivity index (χ4n) is 2.32. The van der Waals surface area contributed by atoms with Crippen LogP contribution in [0.15, 0.2) is 42.5 Å². The summed E-state index contributed by atoms with van der Waals surface area (Å²) >= 11 is 2.20. The fourth-order valence-corrected chi connectivity index (χ4v) is 2.68. The number of halogens is 1. The topological polar surface area (TPSA) is 46.2 Å². The highest BCUT2D eigenvalue weighted by molar-refractivity contribution is 14.1. The summed E-state index contributed by atoms with van der Waals surface area (Å²) in [7, 11) is 0. The van der Waals surface area contributed by atoms with Crippen LogP contribution in [0.25, 0.3) is 0 Å². The molecular weight excluding hydrogens is 365 g/mol. The Kier molecular flexibility index (Phi) is 3.56. The maximum absolute atomic E-state index is 12.4. The zero-order valence-corrected chi connectivity index (χ0v) is 12.8. The third kappa shape index (κ3) is 2.47. The van der Waals surface area contributed by atoms with Crippen molar-refractivity contribution in [2.24, 2.45) is 0 Å². The largest absolute Gasteiger partial charge is 0.352 e. The van der Waals surface area contributed by atoms with Crippen LogP contribution < -0.4 is 5.32 Å². The molecule has 3 nitrogen and oxygen atoms in total. The standard InChI is InChI=1S/C16H12INO2/c17-13-5-3-11(4-6-13)15(19)12-2-1-10-7-8-18-16(20)14(10)9-12/h1-6,9H,7-8H2,(H,18,20). The summed E-state index contributed by atoms with van der Waals surface area (Å²) in [5.74, 6) is -0.147. The number of fused-ring (bicyclic) bond motifs is 1. The van der Waals surface area contributed by atoms with Crippen LogP contribution in [0.2, 0.25) is 0 Å². The van der Waals surface area contributed by atoms with Gasteiger partial charge in [0.25, 0.3) is 5.91 Å². The van der Waals surface area contributed by atoms with Crippen molar-refractivity contribution in [3.05, 3.63) is 68.3 Å². The molecule has 0 unspecified atom stereocenters. The molecule has 1 aliphatic rings. The Morgan fingerprint density at radius 1 is 1.05 bits per heavy atom. The molecule has 0 spiro atoms. The highest BCUT2D eigenvalue weighted by Crippen LogP contribution is 2.19. The number of hydrogen-bond donors (Lipinski definition) is 1. The van der Waals surface area contributed by atoms with Gasteiger partial charge < -0.3 is 5.32 Å². The fraction of sp³-hybridized carbons (Fsp3) is 0.125. The number of amides is 1. The summed E-state index contributed by atoms with van der Waals surface area (Å²) in [6.45, 7) is 0.663. The van der Waals surface area contributed by atoms with Gasteiger partial charge in [0.2, 0.25) is 0 Å². The first kappa shape index (κ1) is 13.3. The minimum absolute atomic E-state index is 0.0532. The first-order valence-corrected chi connectivity index (χ1v) is 7.44. The van der Waals surface area contributed by atoms with Crippen LogP contribution in [0.5, 0.6) is 0 Å². The molecule has 1 heterocycles. The van der Waals surface area contributed by atoms with Crippen LogP contribution in [0.3, 0.4) is 0 Å². The lowest BCUT2D eigenvalue weighted by atomic mass is 9.94. The minimum atomic E-state index is -0.0940. The third-order valence-electron chi connectivity index (χ3n) is 3.40. The third-order valence-corrected chi connectivity index (χ3v) is 4.12. The molecule has 100 valence electrons. The number of hydrogen-bond acceptors (Lipinski definition) is 2. The van der Waals surface area contributed by atoms with Crippen LogP contribution in [-0.2, 0) is 6.42 Å². The molecule has 1 amide bonds. The van der Waals surface area contributed by atoms with Crippen molar-refractivity contribution in [3.8, 4) is 0 Å². The Balaban J connectivity index is 1.98. The van der Waals surface area contributed by atoms with Gasteiger partial charge in [-0.1, -0.05) is 12.1 Å². The smallest absolute Gasteiger partial charge is 0.251 e. The molecule has 3 rings (SSSR count). The maximum Gasteiger partial charge on any atom is 0.251 e. The zero-order valence-electron chi connectivity index (χ0n) is 10.7. The quantitative estimate of drug-likeness (QED) is 0.647. The van der Waals surface area contributed by atoms with E-state index in [0.717, 1.165) is 15.6 Å². The van der Waals surface area contributed by atoms with Crippen molar-refractivity contribution in [3.63, 3.8) is 0 Å². The van der Waals surface area contributed by atoms with Gasteiger partial charge in [0, 0.05) is 26.8 Å². The second-order valence-electron chi connectivity index (χ2n) is 4.71. The zero-order chi connectivity index (χ0) is 14.1. The molecule has 1 aliphatic heterocycles. The number of nitrogens with one attached hydrogen (secondary N) is 1. The summed E-state index contributed by atoms with van der Waals surface area (Å²) in [6.07, 6.45) is 0.819. The molecule has 0 aliphatic carbocycles. The molecule has 0 fully saturated rings. The van der Waals surface area contributed by atoms with Crippen molar-refractivity contribution in [1.29, 1.82) is 0 Å². The van der Waals surface area contributed by atoms with E-state index in [-0.39, 0.29) is 11.7 Å². The van der Waals surface area contributed by atoms with Gasteiger partial charge in [-0.15, -0.1) is 0 Å². The van der Waals surface area contributed by atoms with E-state index in [1.54, 1.807) is 12.1 Å². The van der Waals surface area contributed by atoms with E-state index >= 15 is 0 Å². The second kappa shape index (κ2) is 5.36. The predicted octanol–water partition coefficient (Wildman–Crippen LogP) is 2.81. The van der Waals surface area contributed by atoms with Crippen molar-refractivity contribution in [1.82, 2.24) is 5.32 Å². The summed E-state index contributed by atoms with van der Waals surface area (Å²) in [6, 6.07) is 12.8. The Bertz CT molecular complexity index is 692. The summed E-state index contributed by atoms with van der Waals surface area (Å²) in [4.78, 5) is 24.2. The van der Waals surface area contributed by atoms with Crippen LogP contribution in [-0.4, -0.2) is 18.2 Å². The van der Waals surface area contributed by atoms with Crippen LogP contribution in [0.4, 0.5) is 0 Å². The van der Waals surface area contributed by atoms with Gasteiger partial charge in [0.05, 0.1) is 0 Å². The van der Waals surface area contributed by atoms with Crippen LogP contribution in [0, 0.1) is 3.57 Å². The first-order valence-electron chi connectivity index (χ1n) is 6.36. The highest BCUT2D eigenvalue weighted by Gasteiger charge is 2.19. The van der Waals surface area contributed by atoms with E-state index in [9.17, 15) is 9.59 Å². The highest BCUT2D eigenvalue weighted by atomic mass is 127. The van der Waals surface area contributed by atoms with Gasteiger partial charge in [-0.2, -0.15) is 0 Å². The molecule has 2 aromatic carbocycles. The number of carbonyl (C=O) groups is 2. The molecule has 0 saturated heterocycles. The predicted molar refractivity (Wildman–Crippen MR) is 85.1 cm³/mol. The van der Waals surface area contributed by atoms with Gasteiger partial charge in [0.1, 0.15) is 0 Å². The molecule has 0 saturated carbocycles. The number of carbonyl (C=O) groups excluding carboxylic acids is 2. The molecule has 20 heavy (non-hydrogen) atoms. The molecule has 0 bridgehead atoms. The van der Waals surface area contributed by atoms with Crippen molar-refractivity contribution in [2.45, 2.75) is 6.42 Å². The minimum Gasteiger partial charge on any atom is -0.352 e. The Hall–Kier alpha value is -1.69. The van der Waals surface area contributed by atoms with Crippen molar-refractivity contribution < 1.29 is 9.59 Å². The Morgan fingerprint density at radius 3 is 2.50 bits per heavy atom. The monoisotopic (exact) mass is 377 g/mol. The molecule has 2 aromatic rings. The molecule has 0 aromatic heterocycles. The second-order valence-corrected chi connectivity index (χ2v) is 5.96. The van der Waals surface area contributed by atoms with Gasteiger partial charge in [0.15, 0.2) is 5.78 Å². The van der Waals surface area contributed by atoms with Gasteiger partial charge in [-0.3, -0.25) is 9.59 Å². The van der Waals surface area contributed by atoms with E-state index in [2.05, 4.69) is 27.9 Å². The molecule has 0 radical (unpaired) electrons. The van der Waals surface area contributed by atoms with Crippen LogP contribution >= 0.6 is 22.6 Å². The lowest BCUT2D eigenvalue weighted by Crippen LogP contribution is -2.32. The average molecular weight is 377 g/mol. The van der Waals surface area contributed by atoms with E-state index in [0.29, 0.717) is 23.2 Å².